The average Bonchev–Trinajstić information content (AvgIpc) is 2.54. The summed E-state index contributed by atoms with van der Waals surface area (Å²) in [6.07, 6.45) is 5.79. The first-order chi connectivity index (χ1) is 10.1. The third kappa shape index (κ3) is 4.05. The molecule has 1 atom stereocenters. The van der Waals surface area contributed by atoms with E-state index in [4.69, 9.17) is 5.73 Å². The molecule has 0 aliphatic heterocycles. The lowest BCUT2D eigenvalue weighted by atomic mass is 9.94. The van der Waals surface area contributed by atoms with Gasteiger partial charge in [0, 0.05) is 18.7 Å². The number of aliphatic hydroxyl groups is 1. The number of hydrogen-bond donors (Lipinski definition) is 2. The van der Waals surface area contributed by atoms with Gasteiger partial charge in [-0.05, 0) is 43.5 Å². The highest BCUT2D eigenvalue weighted by Crippen LogP contribution is 2.24. The van der Waals surface area contributed by atoms with Gasteiger partial charge in [-0.1, -0.05) is 31.4 Å². The second-order valence-electron chi connectivity index (χ2n) is 5.93. The largest absolute Gasteiger partial charge is 0.388 e. The SMILES string of the molecule is CN(C(=O)c1cccc([C@H](O)CCN)c1)C1CCCCC1. The lowest BCUT2D eigenvalue weighted by Gasteiger charge is -2.31. The molecule has 0 unspecified atom stereocenters. The van der Waals surface area contributed by atoms with E-state index in [1.165, 1.54) is 19.3 Å². The highest BCUT2D eigenvalue weighted by molar-refractivity contribution is 5.94. The second kappa shape index (κ2) is 7.57. The van der Waals surface area contributed by atoms with Crippen LogP contribution in [0, 0.1) is 0 Å². The van der Waals surface area contributed by atoms with Crippen LogP contribution >= 0.6 is 0 Å². The van der Waals surface area contributed by atoms with Crippen LogP contribution in [0.3, 0.4) is 0 Å². The summed E-state index contributed by atoms with van der Waals surface area (Å²) >= 11 is 0. The number of hydrogen-bond acceptors (Lipinski definition) is 3. The van der Waals surface area contributed by atoms with Gasteiger partial charge in [0.2, 0.25) is 0 Å². The van der Waals surface area contributed by atoms with Crippen molar-refractivity contribution in [2.24, 2.45) is 5.73 Å². The third-order valence-electron chi connectivity index (χ3n) is 4.40. The third-order valence-corrected chi connectivity index (χ3v) is 4.40. The maximum atomic E-state index is 12.6. The van der Waals surface area contributed by atoms with Crippen molar-refractivity contribution in [3.05, 3.63) is 35.4 Å². The van der Waals surface area contributed by atoms with E-state index in [-0.39, 0.29) is 5.91 Å². The monoisotopic (exact) mass is 290 g/mol. The fourth-order valence-electron chi connectivity index (χ4n) is 3.04. The molecule has 0 bridgehead atoms. The van der Waals surface area contributed by atoms with Crippen molar-refractivity contribution in [1.29, 1.82) is 0 Å². The van der Waals surface area contributed by atoms with E-state index in [1.807, 2.05) is 30.1 Å². The summed E-state index contributed by atoms with van der Waals surface area (Å²) in [5.74, 6) is 0.0451. The summed E-state index contributed by atoms with van der Waals surface area (Å²) in [5.41, 5.74) is 6.89. The smallest absolute Gasteiger partial charge is 0.253 e. The summed E-state index contributed by atoms with van der Waals surface area (Å²) < 4.78 is 0. The van der Waals surface area contributed by atoms with Gasteiger partial charge in [-0.25, -0.2) is 0 Å². The number of aliphatic hydroxyl groups excluding tert-OH is 1. The van der Waals surface area contributed by atoms with E-state index < -0.39 is 6.10 Å². The van der Waals surface area contributed by atoms with Crippen molar-refractivity contribution in [3.8, 4) is 0 Å². The van der Waals surface area contributed by atoms with Crippen LogP contribution in [-0.4, -0.2) is 35.5 Å². The zero-order valence-corrected chi connectivity index (χ0v) is 12.8. The number of nitrogens with zero attached hydrogens (tertiary/aromatic N) is 1. The van der Waals surface area contributed by atoms with E-state index in [9.17, 15) is 9.90 Å². The van der Waals surface area contributed by atoms with Crippen LogP contribution in [0.2, 0.25) is 0 Å². The zero-order chi connectivity index (χ0) is 15.2. The predicted molar refractivity (Wildman–Crippen MR) is 84.0 cm³/mol. The van der Waals surface area contributed by atoms with Crippen LogP contribution in [0.5, 0.6) is 0 Å². The number of rotatable bonds is 5. The highest BCUT2D eigenvalue weighted by Gasteiger charge is 2.23. The van der Waals surface area contributed by atoms with Crippen LogP contribution in [0.4, 0.5) is 0 Å². The van der Waals surface area contributed by atoms with Crippen molar-refractivity contribution in [1.82, 2.24) is 4.90 Å². The van der Waals surface area contributed by atoms with Crippen LogP contribution in [0.25, 0.3) is 0 Å². The Morgan fingerprint density at radius 3 is 2.76 bits per heavy atom. The molecule has 0 saturated heterocycles. The van der Waals surface area contributed by atoms with Crippen molar-refractivity contribution in [2.45, 2.75) is 50.7 Å². The second-order valence-corrected chi connectivity index (χ2v) is 5.93. The number of carbonyl (C=O) groups excluding carboxylic acids is 1. The average molecular weight is 290 g/mol. The molecule has 0 radical (unpaired) electrons. The lowest BCUT2D eigenvalue weighted by Crippen LogP contribution is -2.38. The van der Waals surface area contributed by atoms with E-state index in [0.717, 1.165) is 18.4 Å². The Balaban J connectivity index is 2.09. The molecule has 2 rings (SSSR count). The molecule has 0 spiro atoms. The lowest BCUT2D eigenvalue weighted by molar-refractivity contribution is 0.0696. The maximum Gasteiger partial charge on any atom is 0.253 e. The van der Waals surface area contributed by atoms with E-state index in [0.29, 0.717) is 24.6 Å². The molecule has 1 aromatic rings. The van der Waals surface area contributed by atoms with Gasteiger partial charge in [0.15, 0.2) is 0 Å². The summed E-state index contributed by atoms with van der Waals surface area (Å²) in [6, 6.07) is 7.64. The molecule has 1 fully saturated rings. The molecular formula is C17H26N2O2. The molecule has 4 heteroatoms. The minimum absolute atomic E-state index is 0.0451. The van der Waals surface area contributed by atoms with Gasteiger partial charge in [0.1, 0.15) is 0 Å². The van der Waals surface area contributed by atoms with Crippen LogP contribution in [0.1, 0.15) is 60.6 Å². The first kappa shape index (κ1) is 16.0. The Hall–Kier alpha value is -1.39. The first-order valence-corrected chi connectivity index (χ1v) is 7.88. The fourth-order valence-corrected chi connectivity index (χ4v) is 3.04. The topological polar surface area (TPSA) is 66.6 Å². The van der Waals surface area contributed by atoms with E-state index >= 15 is 0 Å². The molecule has 0 heterocycles. The van der Waals surface area contributed by atoms with Crippen LogP contribution in [0.15, 0.2) is 24.3 Å². The Kier molecular flexibility index (Phi) is 5.76. The van der Waals surface area contributed by atoms with E-state index in [2.05, 4.69) is 0 Å². The van der Waals surface area contributed by atoms with E-state index in [1.54, 1.807) is 6.07 Å². The standard InChI is InChI=1S/C17H26N2O2/c1-19(15-8-3-2-4-9-15)17(21)14-7-5-6-13(12-14)16(20)10-11-18/h5-7,12,15-16,20H,2-4,8-11,18H2,1H3/t16-/m1/s1. The molecule has 4 nitrogen and oxygen atoms in total. The highest BCUT2D eigenvalue weighted by atomic mass is 16.3. The molecule has 1 aromatic carbocycles. The van der Waals surface area contributed by atoms with Gasteiger partial charge in [0.25, 0.3) is 5.91 Å². The Morgan fingerprint density at radius 1 is 1.38 bits per heavy atom. The first-order valence-electron chi connectivity index (χ1n) is 7.88. The van der Waals surface area contributed by atoms with Crippen molar-refractivity contribution < 1.29 is 9.90 Å². The molecule has 116 valence electrons. The molecule has 21 heavy (non-hydrogen) atoms. The number of carbonyl (C=O) groups is 1. The molecular weight excluding hydrogens is 264 g/mol. The number of benzene rings is 1. The van der Waals surface area contributed by atoms with Gasteiger partial charge < -0.3 is 15.7 Å². The van der Waals surface area contributed by atoms with Crippen molar-refractivity contribution >= 4 is 5.91 Å². The normalized spacial score (nSPS) is 17.5. The maximum absolute atomic E-state index is 12.6. The van der Waals surface area contributed by atoms with Crippen LogP contribution in [-0.2, 0) is 0 Å². The quantitative estimate of drug-likeness (QED) is 0.875. The molecule has 1 amide bonds. The van der Waals surface area contributed by atoms with Crippen LogP contribution < -0.4 is 5.73 Å². The van der Waals surface area contributed by atoms with Gasteiger partial charge in [0.05, 0.1) is 6.10 Å². The molecule has 0 aromatic heterocycles. The van der Waals surface area contributed by atoms with Gasteiger partial charge >= 0.3 is 0 Å². The zero-order valence-electron chi connectivity index (χ0n) is 12.8. The summed E-state index contributed by atoms with van der Waals surface area (Å²) in [4.78, 5) is 14.5. The van der Waals surface area contributed by atoms with Crippen molar-refractivity contribution in [2.75, 3.05) is 13.6 Å². The Bertz CT molecular complexity index is 470. The predicted octanol–water partition coefficient (Wildman–Crippen LogP) is 2.47. The van der Waals surface area contributed by atoms with Crippen molar-refractivity contribution in [3.63, 3.8) is 0 Å². The van der Waals surface area contributed by atoms with Gasteiger partial charge in [-0.2, -0.15) is 0 Å². The minimum atomic E-state index is -0.595. The summed E-state index contributed by atoms with van der Waals surface area (Å²) in [6.45, 7) is 0.432. The molecule has 1 aliphatic rings. The van der Waals surface area contributed by atoms with Gasteiger partial charge in [-0.3, -0.25) is 4.79 Å². The van der Waals surface area contributed by atoms with Gasteiger partial charge in [-0.15, -0.1) is 0 Å². The molecule has 1 saturated carbocycles. The fraction of sp³-hybridized carbons (Fsp3) is 0.588. The molecule has 1 aliphatic carbocycles. The Labute approximate surface area is 126 Å². The Morgan fingerprint density at radius 2 is 2.10 bits per heavy atom. The summed E-state index contributed by atoms with van der Waals surface area (Å²) in [5, 5.41) is 10.0. The molecule has 3 N–H and O–H groups in total. The minimum Gasteiger partial charge on any atom is -0.388 e. The summed E-state index contributed by atoms with van der Waals surface area (Å²) in [7, 11) is 1.89. The number of nitrogens with two attached hydrogens (primary N) is 1. The number of amides is 1.